The molecule has 1 fully saturated rings. The van der Waals surface area contributed by atoms with E-state index in [2.05, 4.69) is 22.0 Å². The van der Waals surface area contributed by atoms with Gasteiger partial charge in [0, 0.05) is 30.1 Å². The molecule has 0 bridgehead atoms. The Bertz CT molecular complexity index is 1510. The summed E-state index contributed by atoms with van der Waals surface area (Å²) < 4.78 is 16.9. The van der Waals surface area contributed by atoms with Crippen LogP contribution in [-0.4, -0.2) is 57.9 Å². The van der Waals surface area contributed by atoms with E-state index in [9.17, 15) is 14.4 Å². The molecule has 248 valence electrons. The molecule has 1 saturated heterocycles. The number of nitrogens with zero attached hydrogens (tertiary/aromatic N) is 3. The maximum absolute atomic E-state index is 13.6. The van der Waals surface area contributed by atoms with Gasteiger partial charge in [0.05, 0.1) is 0 Å². The second-order valence-electron chi connectivity index (χ2n) is 15.1. The first kappa shape index (κ1) is 34.9. The minimum absolute atomic E-state index is 0.134. The van der Waals surface area contributed by atoms with Crippen LogP contribution in [0.25, 0.3) is 21.9 Å². The molecule has 1 aliphatic heterocycles. The minimum atomic E-state index is -0.865. The van der Waals surface area contributed by atoms with Crippen molar-refractivity contribution in [3.63, 3.8) is 0 Å². The van der Waals surface area contributed by atoms with Gasteiger partial charge in [0.1, 0.15) is 16.8 Å². The van der Waals surface area contributed by atoms with Crippen molar-refractivity contribution >= 4 is 34.7 Å². The molecule has 9 nitrogen and oxygen atoms in total. The van der Waals surface area contributed by atoms with E-state index in [1.165, 1.54) is 0 Å². The molecule has 2 aromatic carbocycles. The number of rotatable bonds is 6. The number of fused-ring (bicyclic) bond motifs is 1. The summed E-state index contributed by atoms with van der Waals surface area (Å²) in [6.07, 6.45) is 2.24. The number of anilines is 1. The van der Waals surface area contributed by atoms with Crippen LogP contribution < -0.4 is 4.90 Å². The number of hydrogen-bond donors (Lipinski definition) is 0. The van der Waals surface area contributed by atoms with Crippen LogP contribution in [-0.2, 0) is 25.5 Å². The SMILES string of the molecule is CC(C)(C)OC(=O)CC1CCN(Cc2ccc3cnc(N(C(=O)OC(C)(C)C)C(=O)OC(C)(C)C)c(-c4ccccc4)c3c2)CC1. The number of carbonyl (C=O) groups excluding carboxylic acids is 3. The molecule has 1 aromatic heterocycles. The summed E-state index contributed by atoms with van der Waals surface area (Å²) in [7, 11) is 0. The number of amides is 2. The molecule has 9 heteroatoms. The third-order valence-electron chi connectivity index (χ3n) is 7.35. The summed E-state index contributed by atoms with van der Waals surface area (Å²) in [6.45, 7) is 18.6. The minimum Gasteiger partial charge on any atom is -0.460 e. The van der Waals surface area contributed by atoms with Gasteiger partial charge in [-0.05, 0) is 117 Å². The van der Waals surface area contributed by atoms with E-state index in [0.29, 0.717) is 17.9 Å². The van der Waals surface area contributed by atoms with Gasteiger partial charge in [0.2, 0.25) is 0 Å². The molecule has 3 aromatic rings. The van der Waals surface area contributed by atoms with E-state index in [-0.39, 0.29) is 11.8 Å². The van der Waals surface area contributed by atoms with Crippen molar-refractivity contribution in [2.75, 3.05) is 18.0 Å². The lowest BCUT2D eigenvalue weighted by molar-refractivity contribution is -0.156. The van der Waals surface area contributed by atoms with Gasteiger partial charge in [0.15, 0.2) is 5.82 Å². The van der Waals surface area contributed by atoms with Gasteiger partial charge in [0.25, 0.3) is 0 Å². The first-order valence-corrected chi connectivity index (χ1v) is 16.1. The number of piperidine rings is 1. The van der Waals surface area contributed by atoms with Gasteiger partial charge >= 0.3 is 18.2 Å². The number of esters is 1. The van der Waals surface area contributed by atoms with E-state index in [0.717, 1.165) is 59.3 Å². The summed E-state index contributed by atoms with van der Waals surface area (Å²) in [6, 6.07) is 15.8. The van der Waals surface area contributed by atoms with Gasteiger partial charge in [-0.3, -0.25) is 9.69 Å². The van der Waals surface area contributed by atoms with Gasteiger partial charge in [-0.25, -0.2) is 14.6 Å². The Morgan fingerprint density at radius 1 is 0.804 bits per heavy atom. The number of likely N-dealkylation sites (tertiary alicyclic amines) is 1. The number of hydrogen-bond acceptors (Lipinski definition) is 8. The fourth-order valence-electron chi connectivity index (χ4n) is 5.49. The molecular weight excluding hydrogens is 582 g/mol. The molecular formula is C37H49N3O6. The second kappa shape index (κ2) is 13.8. The lowest BCUT2D eigenvalue weighted by Gasteiger charge is -2.32. The van der Waals surface area contributed by atoms with Gasteiger partial charge in [-0.1, -0.05) is 42.5 Å². The van der Waals surface area contributed by atoms with Crippen molar-refractivity contribution in [2.45, 2.75) is 105 Å². The summed E-state index contributed by atoms with van der Waals surface area (Å²) in [5, 5.41) is 1.72. The van der Waals surface area contributed by atoms with Crippen molar-refractivity contribution in [3.05, 3.63) is 60.3 Å². The molecule has 0 saturated carbocycles. The van der Waals surface area contributed by atoms with Crippen LogP contribution in [0, 0.1) is 5.92 Å². The molecule has 0 radical (unpaired) electrons. The highest BCUT2D eigenvalue weighted by Crippen LogP contribution is 2.38. The number of imide groups is 1. The highest BCUT2D eigenvalue weighted by Gasteiger charge is 2.36. The molecule has 0 aliphatic carbocycles. The zero-order valence-corrected chi connectivity index (χ0v) is 28.8. The van der Waals surface area contributed by atoms with Crippen molar-refractivity contribution in [1.82, 2.24) is 9.88 Å². The molecule has 0 unspecified atom stereocenters. The lowest BCUT2D eigenvalue weighted by Crippen LogP contribution is -2.44. The van der Waals surface area contributed by atoms with Crippen LogP contribution in [0.4, 0.5) is 15.4 Å². The fraction of sp³-hybridized carbons (Fsp3) is 0.514. The third-order valence-corrected chi connectivity index (χ3v) is 7.35. The smallest absolute Gasteiger partial charge is 0.425 e. The van der Waals surface area contributed by atoms with Crippen LogP contribution in [0.15, 0.2) is 54.7 Å². The Morgan fingerprint density at radius 2 is 1.37 bits per heavy atom. The summed E-state index contributed by atoms with van der Waals surface area (Å²) >= 11 is 0. The molecule has 1 aliphatic rings. The molecule has 2 heterocycles. The number of ether oxygens (including phenoxy) is 3. The van der Waals surface area contributed by atoms with Gasteiger partial charge in [-0.15, -0.1) is 0 Å². The van der Waals surface area contributed by atoms with E-state index in [4.69, 9.17) is 14.2 Å². The Hall–Kier alpha value is -3.98. The molecule has 0 N–H and O–H groups in total. The molecule has 0 spiro atoms. The lowest BCUT2D eigenvalue weighted by atomic mass is 9.93. The van der Waals surface area contributed by atoms with E-state index >= 15 is 0 Å². The first-order chi connectivity index (χ1) is 21.4. The first-order valence-electron chi connectivity index (χ1n) is 16.1. The normalized spacial score (nSPS) is 15.0. The monoisotopic (exact) mass is 631 g/mol. The van der Waals surface area contributed by atoms with Crippen molar-refractivity contribution in [3.8, 4) is 11.1 Å². The van der Waals surface area contributed by atoms with E-state index in [1.807, 2.05) is 57.2 Å². The van der Waals surface area contributed by atoms with Gasteiger partial charge in [-0.2, -0.15) is 4.90 Å². The maximum Gasteiger partial charge on any atom is 0.425 e. The second-order valence-corrected chi connectivity index (χ2v) is 15.1. The maximum atomic E-state index is 13.6. The Kier molecular flexibility index (Phi) is 10.5. The predicted molar refractivity (Wildman–Crippen MR) is 181 cm³/mol. The Morgan fingerprint density at radius 3 is 1.91 bits per heavy atom. The predicted octanol–water partition coefficient (Wildman–Crippen LogP) is 8.52. The largest absolute Gasteiger partial charge is 0.460 e. The highest BCUT2D eigenvalue weighted by atomic mass is 16.6. The summed E-state index contributed by atoms with van der Waals surface area (Å²) in [5.74, 6) is 0.320. The van der Waals surface area contributed by atoms with Crippen LogP contribution in [0.3, 0.4) is 0 Å². The fourth-order valence-corrected chi connectivity index (χ4v) is 5.49. The average molecular weight is 632 g/mol. The molecule has 4 rings (SSSR count). The van der Waals surface area contributed by atoms with Crippen LogP contribution in [0.1, 0.15) is 87.1 Å². The number of pyridine rings is 1. The molecule has 46 heavy (non-hydrogen) atoms. The zero-order chi connectivity index (χ0) is 33.9. The highest BCUT2D eigenvalue weighted by molar-refractivity contribution is 6.14. The Labute approximate surface area is 273 Å². The Balaban J connectivity index is 1.68. The van der Waals surface area contributed by atoms with Crippen LogP contribution >= 0.6 is 0 Å². The van der Waals surface area contributed by atoms with E-state index in [1.54, 1.807) is 47.7 Å². The zero-order valence-electron chi connectivity index (χ0n) is 28.8. The number of carbonyl (C=O) groups is 3. The quantitative estimate of drug-likeness (QED) is 0.197. The average Bonchev–Trinajstić information content (AvgIpc) is 2.91. The van der Waals surface area contributed by atoms with Crippen LogP contribution in [0.5, 0.6) is 0 Å². The number of aromatic nitrogens is 1. The van der Waals surface area contributed by atoms with Gasteiger partial charge < -0.3 is 14.2 Å². The molecule has 2 amide bonds. The van der Waals surface area contributed by atoms with Crippen molar-refractivity contribution < 1.29 is 28.6 Å². The van der Waals surface area contributed by atoms with Crippen molar-refractivity contribution in [1.29, 1.82) is 0 Å². The summed E-state index contributed by atoms with van der Waals surface area (Å²) in [4.78, 5) is 47.6. The third kappa shape index (κ3) is 9.76. The summed E-state index contributed by atoms with van der Waals surface area (Å²) in [5.41, 5.74) is 0.344. The van der Waals surface area contributed by atoms with Crippen molar-refractivity contribution in [2.24, 2.45) is 5.92 Å². The van der Waals surface area contributed by atoms with E-state index < -0.39 is 29.0 Å². The standard InChI is InChI=1S/C37H49N3O6/c1-35(2,3)44-30(41)22-25-17-19-39(20-18-25)24-26-15-16-28-23-38-32(31(29(28)21-26)27-13-11-10-12-14-27)40(33(42)45-36(4,5)6)34(43)46-37(7,8)9/h10-16,21,23,25H,17-20,22,24H2,1-9H3. The number of benzene rings is 2. The molecule has 0 atom stereocenters. The topological polar surface area (TPSA) is 98.3 Å². The van der Waals surface area contributed by atoms with Crippen LogP contribution in [0.2, 0.25) is 0 Å².